The highest BCUT2D eigenvalue weighted by molar-refractivity contribution is 7.11. The van der Waals surface area contributed by atoms with Crippen LogP contribution in [0.25, 0.3) is 0 Å². The Morgan fingerprint density at radius 2 is 1.95 bits per heavy atom. The molecule has 6 heteroatoms. The first-order valence-corrected chi connectivity index (χ1v) is 6.91. The number of nitrogens with one attached hydrogen (secondary N) is 1. The summed E-state index contributed by atoms with van der Waals surface area (Å²) in [6.07, 6.45) is 0. The van der Waals surface area contributed by atoms with Crippen molar-refractivity contribution in [3.63, 3.8) is 0 Å². The van der Waals surface area contributed by atoms with E-state index in [1.165, 1.54) is 5.38 Å². The van der Waals surface area contributed by atoms with Crippen LogP contribution in [-0.4, -0.2) is 22.0 Å². The second-order valence-electron chi connectivity index (χ2n) is 4.45. The molecule has 1 unspecified atom stereocenters. The van der Waals surface area contributed by atoms with Gasteiger partial charge in [-0.05, 0) is 19.4 Å². The van der Waals surface area contributed by atoms with Gasteiger partial charge in [0.2, 0.25) is 0 Å². The zero-order valence-electron chi connectivity index (χ0n) is 11.1. The zero-order valence-corrected chi connectivity index (χ0v) is 11.9. The Hall–Kier alpha value is -2.21. The number of carbonyl (C=O) groups excluding carboxylic acids is 1. The Morgan fingerprint density at radius 1 is 1.30 bits per heavy atom. The van der Waals surface area contributed by atoms with Crippen molar-refractivity contribution in [2.24, 2.45) is 0 Å². The van der Waals surface area contributed by atoms with Gasteiger partial charge in [-0.2, -0.15) is 0 Å². The predicted octanol–water partition coefficient (Wildman–Crippen LogP) is 2.64. The lowest BCUT2D eigenvalue weighted by atomic mass is 10.1. The lowest BCUT2D eigenvalue weighted by Crippen LogP contribution is -2.26. The molecule has 1 atom stereocenters. The summed E-state index contributed by atoms with van der Waals surface area (Å²) in [6.45, 7) is 3.87. The molecule has 1 heterocycles. The van der Waals surface area contributed by atoms with E-state index in [4.69, 9.17) is 5.11 Å². The summed E-state index contributed by atoms with van der Waals surface area (Å²) in [4.78, 5) is 26.5. The molecular weight excluding hydrogens is 276 g/mol. The highest BCUT2D eigenvalue weighted by Gasteiger charge is 2.17. The fourth-order valence-corrected chi connectivity index (χ4v) is 2.37. The molecule has 0 aliphatic rings. The van der Waals surface area contributed by atoms with Crippen molar-refractivity contribution >= 4 is 23.2 Å². The molecule has 2 aromatic rings. The van der Waals surface area contributed by atoms with E-state index in [0.29, 0.717) is 0 Å². The number of benzene rings is 1. The maximum atomic E-state index is 12.0. The maximum absolute atomic E-state index is 12.0. The molecule has 2 rings (SSSR count). The number of aromatic carboxylic acids is 1. The van der Waals surface area contributed by atoms with Gasteiger partial charge in [0, 0.05) is 5.38 Å². The second-order valence-corrected chi connectivity index (χ2v) is 5.31. The normalized spacial score (nSPS) is 11.9. The highest BCUT2D eigenvalue weighted by atomic mass is 32.1. The van der Waals surface area contributed by atoms with Gasteiger partial charge in [0.1, 0.15) is 0 Å². The van der Waals surface area contributed by atoms with Crippen LogP contribution in [0.3, 0.4) is 0 Å². The Kier molecular flexibility index (Phi) is 4.14. The average Bonchev–Trinajstić information content (AvgIpc) is 2.89. The third-order valence-corrected chi connectivity index (χ3v) is 3.68. The lowest BCUT2D eigenvalue weighted by Gasteiger charge is -2.13. The number of rotatable bonds is 4. The van der Waals surface area contributed by atoms with E-state index in [9.17, 15) is 9.59 Å². The molecule has 0 spiro atoms. The molecule has 20 heavy (non-hydrogen) atoms. The fraction of sp³-hybridized carbons (Fsp3) is 0.214. The number of carboxylic acid groups (broad SMARTS) is 1. The van der Waals surface area contributed by atoms with E-state index in [0.717, 1.165) is 22.5 Å². The minimum atomic E-state index is -1.13. The van der Waals surface area contributed by atoms with Crippen molar-refractivity contribution in [1.29, 1.82) is 0 Å². The van der Waals surface area contributed by atoms with Crippen molar-refractivity contribution in [3.8, 4) is 0 Å². The van der Waals surface area contributed by atoms with Crippen LogP contribution in [0.15, 0.2) is 29.6 Å². The molecule has 0 saturated heterocycles. The number of aromatic nitrogens is 1. The van der Waals surface area contributed by atoms with Crippen molar-refractivity contribution in [2.45, 2.75) is 19.9 Å². The highest BCUT2D eigenvalue weighted by Crippen LogP contribution is 2.15. The van der Waals surface area contributed by atoms with Gasteiger partial charge in [-0.15, -0.1) is 11.3 Å². The van der Waals surface area contributed by atoms with Gasteiger partial charge in [-0.25, -0.2) is 9.78 Å². The molecule has 5 nitrogen and oxygen atoms in total. The first-order chi connectivity index (χ1) is 9.47. The predicted molar refractivity (Wildman–Crippen MR) is 76.1 cm³/mol. The number of thiazole rings is 1. The maximum Gasteiger partial charge on any atom is 0.355 e. The van der Waals surface area contributed by atoms with Gasteiger partial charge in [-0.3, -0.25) is 4.79 Å². The SMILES string of the molecule is Cc1ccc(C(C)NC(=O)c2nc(C(=O)O)cs2)cc1. The van der Waals surface area contributed by atoms with Crippen LogP contribution in [0.5, 0.6) is 0 Å². The Bertz CT molecular complexity index is 634. The first-order valence-electron chi connectivity index (χ1n) is 6.03. The minimum absolute atomic E-state index is 0.108. The molecule has 0 bridgehead atoms. The summed E-state index contributed by atoms with van der Waals surface area (Å²) in [5, 5.41) is 13.1. The Balaban J connectivity index is 2.06. The molecule has 0 radical (unpaired) electrons. The van der Waals surface area contributed by atoms with E-state index in [1.54, 1.807) is 0 Å². The van der Waals surface area contributed by atoms with Crippen molar-refractivity contribution in [3.05, 3.63) is 51.5 Å². The molecule has 0 aliphatic heterocycles. The number of hydrogen-bond donors (Lipinski definition) is 2. The summed E-state index contributed by atoms with van der Waals surface area (Å²) in [6, 6.07) is 7.68. The quantitative estimate of drug-likeness (QED) is 0.907. The summed E-state index contributed by atoms with van der Waals surface area (Å²) >= 11 is 1.02. The first kappa shape index (κ1) is 14.2. The number of hydrogen-bond acceptors (Lipinski definition) is 4. The second kappa shape index (κ2) is 5.83. The molecule has 0 saturated carbocycles. The van der Waals surface area contributed by atoms with Crippen LogP contribution < -0.4 is 5.32 Å². The van der Waals surface area contributed by atoms with Gasteiger partial charge in [0.25, 0.3) is 5.91 Å². The van der Waals surface area contributed by atoms with Crippen LogP contribution in [0, 0.1) is 6.92 Å². The van der Waals surface area contributed by atoms with E-state index >= 15 is 0 Å². The summed E-state index contributed by atoms with van der Waals surface area (Å²) in [5.41, 5.74) is 2.03. The van der Waals surface area contributed by atoms with Crippen LogP contribution >= 0.6 is 11.3 Å². The monoisotopic (exact) mass is 290 g/mol. The number of carboxylic acids is 1. The molecule has 1 amide bonds. The Morgan fingerprint density at radius 3 is 2.50 bits per heavy atom. The fourth-order valence-electron chi connectivity index (χ4n) is 1.67. The Labute approximate surface area is 120 Å². The van der Waals surface area contributed by atoms with E-state index in [-0.39, 0.29) is 22.7 Å². The summed E-state index contributed by atoms with van der Waals surface area (Å²) in [5.74, 6) is -1.50. The minimum Gasteiger partial charge on any atom is -0.476 e. The average molecular weight is 290 g/mol. The third-order valence-electron chi connectivity index (χ3n) is 2.84. The van der Waals surface area contributed by atoms with Crippen LogP contribution in [-0.2, 0) is 0 Å². The van der Waals surface area contributed by atoms with Crippen LogP contribution in [0.2, 0.25) is 0 Å². The van der Waals surface area contributed by atoms with Crippen molar-refractivity contribution in [1.82, 2.24) is 10.3 Å². The summed E-state index contributed by atoms with van der Waals surface area (Å²) < 4.78 is 0. The van der Waals surface area contributed by atoms with Crippen molar-refractivity contribution < 1.29 is 14.7 Å². The molecule has 1 aromatic heterocycles. The number of amides is 1. The molecular formula is C14H14N2O3S. The number of nitrogens with zero attached hydrogens (tertiary/aromatic N) is 1. The third kappa shape index (κ3) is 3.21. The van der Waals surface area contributed by atoms with Gasteiger partial charge >= 0.3 is 5.97 Å². The van der Waals surface area contributed by atoms with E-state index in [2.05, 4.69) is 10.3 Å². The lowest BCUT2D eigenvalue weighted by molar-refractivity contribution is 0.0691. The molecule has 0 fully saturated rings. The van der Waals surface area contributed by atoms with Crippen LogP contribution in [0.4, 0.5) is 0 Å². The van der Waals surface area contributed by atoms with Crippen LogP contribution in [0.1, 0.15) is 44.4 Å². The van der Waals surface area contributed by atoms with Gasteiger partial charge in [0.05, 0.1) is 6.04 Å². The van der Waals surface area contributed by atoms with E-state index < -0.39 is 5.97 Å². The topological polar surface area (TPSA) is 79.3 Å². The number of aryl methyl sites for hydroxylation is 1. The number of carbonyl (C=O) groups is 2. The van der Waals surface area contributed by atoms with E-state index in [1.807, 2.05) is 38.1 Å². The largest absolute Gasteiger partial charge is 0.476 e. The smallest absolute Gasteiger partial charge is 0.355 e. The van der Waals surface area contributed by atoms with Gasteiger partial charge in [0.15, 0.2) is 10.7 Å². The standard InChI is InChI=1S/C14H14N2O3S/c1-8-3-5-10(6-4-8)9(2)15-12(17)13-16-11(7-20-13)14(18)19/h3-7,9H,1-2H3,(H,15,17)(H,18,19). The van der Waals surface area contributed by atoms with Crippen molar-refractivity contribution in [2.75, 3.05) is 0 Å². The molecule has 104 valence electrons. The summed E-state index contributed by atoms with van der Waals surface area (Å²) in [7, 11) is 0. The molecule has 1 aromatic carbocycles. The van der Waals surface area contributed by atoms with Gasteiger partial charge in [-0.1, -0.05) is 29.8 Å². The van der Waals surface area contributed by atoms with Gasteiger partial charge < -0.3 is 10.4 Å². The zero-order chi connectivity index (χ0) is 14.7. The molecule has 2 N–H and O–H groups in total. The molecule has 0 aliphatic carbocycles.